The van der Waals surface area contributed by atoms with Crippen LogP contribution in [0, 0.1) is 0 Å². The molecular formula is C23H26N3O+. The summed E-state index contributed by atoms with van der Waals surface area (Å²) in [5, 5.41) is 5.35. The predicted molar refractivity (Wildman–Crippen MR) is 112 cm³/mol. The van der Waals surface area contributed by atoms with Crippen LogP contribution in [-0.4, -0.2) is 38.6 Å². The van der Waals surface area contributed by atoms with Crippen LogP contribution < -0.4 is 15.1 Å². The maximum atomic E-state index is 12.9. The molecular weight excluding hydrogens is 334 g/mol. The van der Waals surface area contributed by atoms with E-state index in [4.69, 9.17) is 0 Å². The van der Waals surface area contributed by atoms with Gasteiger partial charge in [-0.15, -0.1) is 0 Å². The second-order valence-corrected chi connectivity index (χ2v) is 7.12. The number of para-hydroxylation sites is 2. The number of hydrogen-bond donors (Lipinski definition) is 2. The number of nitrogens with zero attached hydrogens (tertiary/aromatic N) is 1. The quantitative estimate of drug-likeness (QED) is 0.751. The summed E-state index contributed by atoms with van der Waals surface area (Å²) in [4.78, 5) is 16.9. The van der Waals surface area contributed by atoms with Gasteiger partial charge in [0.1, 0.15) is 0 Å². The first-order valence-corrected chi connectivity index (χ1v) is 9.72. The Morgan fingerprint density at radius 1 is 0.963 bits per heavy atom. The summed E-state index contributed by atoms with van der Waals surface area (Å²) in [5.74, 6) is -0.0639. The molecule has 0 aromatic heterocycles. The Labute approximate surface area is 160 Å². The second-order valence-electron chi connectivity index (χ2n) is 7.12. The first-order valence-electron chi connectivity index (χ1n) is 9.72. The van der Waals surface area contributed by atoms with Crippen LogP contribution in [0.15, 0.2) is 66.7 Å². The molecule has 3 aromatic rings. The number of quaternary nitrogens is 1. The van der Waals surface area contributed by atoms with E-state index in [1.54, 1.807) is 4.90 Å². The Morgan fingerprint density at radius 2 is 1.67 bits per heavy atom. The zero-order chi connectivity index (χ0) is 18.6. The molecule has 4 heteroatoms. The number of hydrogen-bond acceptors (Lipinski definition) is 2. The molecule has 0 atom stereocenters. The van der Waals surface area contributed by atoms with Crippen molar-refractivity contribution in [2.45, 2.75) is 6.92 Å². The van der Waals surface area contributed by atoms with Gasteiger partial charge in [-0.2, -0.15) is 0 Å². The van der Waals surface area contributed by atoms with Gasteiger partial charge < -0.3 is 15.1 Å². The van der Waals surface area contributed by atoms with Crippen molar-refractivity contribution in [3.63, 3.8) is 0 Å². The summed E-state index contributed by atoms with van der Waals surface area (Å²) in [7, 11) is 0. The largest absolute Gasteiger partial charge is 0.359 e. The van der Waals surface area contributed by atoms with Gasteiger partial charge in [-0.1, -0.05) is 42.5 Å². The zero-order valence-electron chi connectivity index (χ0n) is 15.7. The molecule has 0 bridgehead atoms. The lowest BCUT2D eigenvalue weighted by molar-refractivity contribution is -0.898. The number of rotatable bonds is 4. The Hall–Kier alpha value is -2.85. The van der Waals surface area contributed by atoms with Crippen LogP contribution in [-0.2, 0) is 0 Å². The van der Waals surface area contributed by atoms with Gasteiger partial charge in [-0.3, -0.25) is 4.79 Å². The van der Waals surface area contributed by atoms with E-state index in [0.29, 0.717) is 5.56 Å². The molecule has 27 heavy (non-hydrogen) atoms. The van der Waals surface area contributed by atoms with Crippen molar-refractivity contribution in [1.29, 1.82) is 0 Å². The molecule has 138 valence electrons. The minimum atomic E-state index is -0.0639. The first-order chi connectivity index (χ1) is 13.2. The maximum Gasteiger partial charge on any atom is 0.255 e. The minimum Gasteiger partial charge on any atom is -0.359 e. The number of piperazine rings is 1. The number of carbonyl (C=O) groups is 1. The third-order valence-electron chi connectivity index (χ3n) is 5.48. The number of amides is 1. The zero-order valence-corrected chi connectivity index (χ0v) is 15.7. The van der Waals surface area contributed by atoms with E-state index in [0.717, 1.165) is 48.3 Å². The fraction of sp³-hybridized carbons (Fsp3) is 0.261. The fourth-order valence-electron chi connectivity index (χ4n) is 3.80. The van der Waals surface area contributed by atoms with Crippen molar-refractivity contribution in [1.82, 2.24) is 0 Å². The van der Waals surface area contributed by atoms with Crippen LogP contribution >= 0.6 is 0 Å². The Kier molecular flexibility index (Phi) is 5.07. The monoisotopic (exact) mass is 360 g/mol. The van der Waals surface area contributed by atoms with Gasteiger partial charge in [-0.05, 0) is 42.0 Å². The average molecular weight is 360 g/mol. The highest BCUT2D eigenvalue weighted by Gasteiger charge is 2.21. The molecule has 4 nitrogen and oxygen atoms in total. The molecule has 0 spiro atoms. The summed E-state index contributed by atoms with van der Waals surface area (Å²) in [6, 6.07) is 22.1. The Bertz CT molecular complexity index is 945. The number of likely N-dealkylation sites (N-methyl/N-ethyl adjacent to an activating group) is 1. The lowest BCUT2D eigenvalue weighted by Crippen LogP contribution is -3.14. The maximum absolute atomic E-state index is 12.9. The van der Waals surface area contributed by atoms with Crippen LogP contribution in [0.3, 0.4) is 0 Å². The molecule has 0 radical (unpaired) electrons. The number of carbonyl (C=O) groups excluding carboxylic acids is 1. The highest BCUT2D eigenvalue weighted by atomic mass is 16.1. The number of anilines is 2. The third-order valence-corrected chi connectivity index (χ3v) is 5.48. The van der Waals surface area contributed by atoms with Crippen LogP contribution in [0.4, 0.5) is 11.4 Å². The molecule has 0 unspecified atom stereocenters. The molecule has 1 aliphatic heterocycles. The Balaban J connectivity index is 1.54. The van der Waals surface area contributed by atoms with Gasteiger partial charge in [0, 0.05) is 5.56 Å². The van der Waals surface area contributed by atoms with Crippen molar-refractivity contribution in [2.75, 3.05) is 42.9 Å². The number of benzene rings is 3. The van der Waals surface area contributed by atoms with E-state index < -0.39 is 0 Å². The number of fused-ring (bicyclic) bond motifs is 1. The van der Waals surface area contributed by atoms with Crippen molar-refractivity contribution in [2.24, 2.45) is 0 Å². The average Bonchev–Trinajstić information content (AvgIpc) is 2.74. The summed E-state index contributed by atoms with van der Waals surface area (Å²) in [6.45, 7) is 7.74. The highest BCUT2D eigenvalue weighted by molar-refractivity contribution is 6.07. The van der Waals surface area contributed by atoms with Gasteiger partial charge in [0.25, 0.3) is 5.91 Å². The smallest absolute Gasteiger partial charge is 0.255 e. The van der Waals surface area contributed by atoms with Crippen LogP contribution in [0.5, 0.6) is 0 Å². The summed E-state index contributed by atoms with van der Waals surface area (Å²) in [5.41, 5.74) is 2.68. The van der Waals surface area contributed by atoms with Crippen LogP contribution in [0.25, 0.3) is 10.8 Å². The molecule has 1 heterocycles. The lowest BCUT2D eigenvalue weighted by atomic mass is 10.1. The summed E-state index contributed by atoms with van der Waals surface area (Å²) >= 11 is 0. The number of nitrogens with one attached hydrogen (secondary N) is 2. The summed E-state index contributed by atoms with van der Waals surface area (Å²) < 4.78 is 0. The molecule has 1 fully saturated rings. The standard InChI is InChI=1S/C23H25N3O/c1-2-25-13-15-26(16-14-25)22-10-6-5-9-21(22)24-23(27)20-12-11-18-7-3-4-8-19(18)17-20/h3-12,17H,2,13-16H2,1H3,(H,24,27)/p+1. The first kappa shape index (κ1) is 17.6. The summed E-state index contributed by atoms with van der Waals surface area (Å²) in [6.07, 6.45) is 0. The SMILES string of the molecule is CC[NH+]1CCN(c2ccccc2NC(=O)c2ccc3ccccc3c2)CC1. The van der Waals surface area contributed by atoms with E-state index in [2.05, 4.69) is 29.3 Å². The minimum absolute atomic E-state index is 0.0639. The van der Waals surface area contributed by atoms with Gasteiger partial charge in [-0.25, -0.2) is 0 Å². The van der Waals surface area contributed by atoms with Crippen LogP contribution in [0.1, 0.15) is 17.3 Å². The van der Waals surface area contributed by atoms with Gasteiger partial charge in [0.2, 0.25) is 0 Å². The molecule has 0 saturated carbocycles. The fourth-order valence-corrected chi connectivity index (χ4v) is 3.80. The molecule has 2 N–H and O–H groups in total. The topological polar surface area (TPSA) is 36.8 Å². The Morgan fingerprint density at radius 3 is 2.44 bits per heavy atom. The van der Waals surface area contributed by atoms with Crippen molar-refractivity contribution >= 4 is 28.1 Å². The van der Waals surface area contributed by atoms with Gasteiger partial charge in [0.05, 0.1) is 44.1 Å². The van der Waals surface area contributed by atoms with E-state index in [1.165, 1.54) is 6.54 Å². The van der Waals surface area contributed by atoms with Crippen molar-refractivity contribution in [3.8, 4) is 0 Å². The van der Waals surface area contributed by atoms with Crippen LogP contribution in [0.2, 0.25) is 0 Å². The highest BCUT2D eigenvalue weighted by Crippen LogP contribution is 2.26. The third kappa shape index (κ3) is 3.81. The van der Waals surface area contributed by atoms with E-state index in [1.807, 2.05) is 54.6 Å². The molecule has 1 saturated heterocycles. The van der Waals surface area contributed by atoms with Gasteiger partial charge in [0.15, 0.2) is 0 Å². The molecule has 3 aromatic carbocycles. The van der Waals surface area contributed by atoms with E-state index in [9.17, 15) is 4.79 Å². The second kappa shape index (κ2) is 7.80. The molecule has 4 rings (SSSR count). The predicted octanol–water partition coefficient (Wildman–Crippen LogP) is 2.82. The van der Waals surface area contributed by atoms with Crippen molar-refractivity contribution in [3.05, 3.63) is 72.3 Å². The molecule has 1 amide bonds. The molecule has 1 aliphatic rings. The normalized spacial score (nSPS) is 15.1. The van der Waals surface area contributed by atoms with Crippen molar-refractivity contribution < 1.29 is 9.69 Å². The van der Waals surface area contributed by atoms with Gasteiger partial charge >= 0.3 is 0 Å². The van der Waals surface area contributed by atoms with E-state index in [-0.39, 0.29) is 5.91 Å². The van der Waals surface area contributed by atoms with E-state index >= 15 is 0 Å². The lowest BCUT2D eigenvalue weighted by Gasteiger charge is -2.34. The molecule has 0 aliphatic carbocycles.